The van der Waals surface area contributed by atoms with E-state index >= 15 is 0 Å². The molecule has 0 atom stereocenters. The predicted molar refractivity (Wildman–Crippen MR) is 104 cm³/mol. The summed E-state index contributed by atoms with van der Waals surface area (Å²) in [7, 11) is 1.87. The molecule has 1 saturated carbocycles. The first-order valence-corrected chi connectivity index (χ1v) is 9.03. The number of fused-ring (bicyclic) bond motifs is 3. The topological polar surface area (TPSA) is 53.1 Å². The number of hydrogen-bond donors (Lipinski definition) is 2. The lowest BCUT2D eigenvalue weighted by Crippen LogP contribution is -2.41. The predicted octanol–water partition coefficient (Wildman–Crippen LogP) is 5.07. The molecule has 0 unspecified atom stereocenters. The van der Waals surface area contributed by atoms with Gasteiger partial charge in [0.05, 0.1) is 27.8 Å². The molecule has 1 spiro atoms. The van der Waals surface area contributed by atoms with Gasteiger partial charge in [0.25, 0.3) is 0 Å². The van der Waals surface area contributed by atoms with Crippen molar-refractivity contribution < 1.29 is 0 Å². The zero-order valence-electron chi connectivity index (χ0n) is 14.3. The molecule has 3 heterocycles. The molecule has 3 aromatic rings. The van der Waals surface area contributed by atoms with E-state index in [-0.39, 0.29) is 5.41 Å². The molecular formula is C20H19ClN4. The Balaban J connectivity index is 1.71. The molecule has 5 heteroatoms. The van der Waals surface area contributed by atoms with Gasteiger partial charge in [0.1, 0.15) is 5.84 Å². The maximum absolute atomic E-state index is 6.74. The van der Waals surface area contributed by atoms with Crippen LogP contribution in [0.4, 0.5) is 5.69 Å². The summed E-state index contributed by atoms with van der Waals surface area (Å²) >= 11 is 6.74. The molecular weight excluding hydrogens is 332 g/mol. The highest BCUT2D eigenvalue weighted by molar-refractivity contribution is 6.34. The van der Waals surface area contributed by atoms with Crippen LogP contribution in [-0.4, -0.2) is 22.9 Å². The standard InChI is InChI=1S/C20H19ClN4/c1-11-12-4-7-23-10-17(12)24-18(11)13-8-16-14(9-15(13)21)20(5-3-6-20)19(22-2)25-16/h4,7-10,24H,3,5-6H2,1-2H3,(H,22,25). The summed E-state index contributed by atoms with van der Waals surface area (Å²) in [5.74, 6) is 1.08. The highest BCUT2D eigenvalue weighted by Crippen LogP contribution is 2.53. The molecule has 1 aliphatic carbocycles. The number of halogens is 1. The van der Waals surface area contributed by atoms with E-state index in [1.807, 2.05) is 25.5 Å². The summed E-state index contributed by atoms with van der Waals surface area (Å²) < 4.78 is 0. The number of aromatic amines is 1. The van der Waals surface area contributed by atoms with E-state index in [1.165, 1.54) is 22.9 Å². The van der Waals surface area contributed by atoms with Gasteiger partial charge in [-0.3, -0.25) is 9.98 Å². The van der Waals surface area contributed by atoms with Crippen LogP contribution in [0.2, 0.25) is 5.02 Å². The number of rotatable bonds is 1. The Labute approximate surface area is 151 Å². The first kappa shape index (κ1) is 15.0. The molecule has 0 bridgehead atoms. The fourth-order valence-electron chi connectivity index (χ4n) is 4.40. The van der Waals surface area contributed by atoms with Gasteiger partial charge in [0.2, 0.25) is 0 Å². The Hall–Kier alpha value is -2.33. The number of nitrogens with one attached hydrogen (secondary N) is 2. The minimum absolute atomic E-state index is 0.0612. The van der Waals surface area contributed by atoms with Crippen molar-refractivity contribution in [3.8, 4) is 11.3 Å². The number of aliphatic imine (C=N–C) groups is 1. The van der Waals surface area contributed by atoms with E-state index in [9.17, 15) is 0 Å². The SMILES string of the molecule is CN=C1Nc2cc(-c3[nH]c4cnccc4c3C)c(Cl)cc2C12CCC2. The van der Waals surface area contributed by atoms with E-state index in [4.69, 9.17) is 11.6 Å². The minimum atomic E-state index is 0.0612. The number of anilines is 1. The van der Waals surface area contributed by atoms with Gasteiger partial charge >= 0.3 is 0 Å². The summed E-state index contributed by atoms with van der Waals surface area (Å²) in [4.78, 5) is 12.2. The number of aromatic nitrogens is 2. The second kappa shape index (κ2) is 5.09. The Kier molecular flexibility index (Phi) is 3.04. The highest BCUT2D eigenvalue weighted by atomic mass is 35.5. The van der Waals surface area contributed by atoms with E-state index < -0.39 is 0 Å². The molecule has 1 fully saturated rings. The summed E-state index contributed by atoms with van der Waals surface area (Å²) in [6.07, 6.45) is 7.21. The van der Waals surface area contributed by atoms with Crippen LogP contribution in [0.15, 0.2) is 35.6 Å². The molecule has 5 rings (SSSR count). The van der Waals surface area contributed by atoms with Crippen LogP contribution in [0.1, 0.15) is 30.4 Å². The number of aryl methyl sites for hydroxylation is 1. The van der Waals surface area contributed by atoms with Gasteiger partial charge in [-0.05, 0) is 49.1 Å². The average molecular weight is 351 g/mol. The number of H-pyrrole nitrogens is 1. The fourth-order valence-corrected chi connectivity index (χ4v) is 4.66. The third kappa shape index (κ3) is 1.89. The molecule has 2 aliphatic rings. The second-order valence-electron chi connectivity index (χ2n) is 7.06. The van der Waals surface area contributed by atoms with E-state index in [0.717, 1.165) is 46.2 Å². The molecule has 0 radical (unpaired) electrons. The van der Waals surface area contributed by atoms with Crippen molar-refractivity contribution in [3.63, 3.8) is 0 Å². The average Bonchev–Trinajstić information content (AvgIpc) is 3.09. The lowest BCUT2D eigenvalue weighted by Gasteiger charge is -2.38. The first-order valence-electron chi connectivity index (χ1n) is 8.65. The summed E-state index contributed by atoms with van der Waals surface area (Å²) in [6.45, 7) is 2.12. The Morgan fingerprint density at radius 2 is 2.12 bits per heavy atom. The maximum Gasteiger partial charge on any atom is 0.111 e. The van der Waals surface area contributed by atoms with E-state index in [0.29, 0.717) is 0 Å². The van der Waals surface area contributed by atoms with Crippen LogP contribution < -0.4 is 5.32 Å². The molecule has 0 amide bonds. The van der Waals surface area contributed by atoms with Gasteiger partial charge in [-0.15, -0.1) is 0 Å². The summed E-state index contributed by atoms with van der Waals surface area (Å²) in [5, 5.41) is 5.50. The molecule has 2 aromatic heterocycles. The van der Waals surface area contributed by atoms with Crippen molar-refractivity contribution in [2.45, 2.75) is 31.6 Å². The quantitative estimate of drug-likeness (QED) is 0.644. The van der Waals surface area contributed by atoms with Gasteiger partial charge in [-0.1, -0.05) is 18.0 Å². The molecule has 4 nitrogen and oxygen atoms in total. The van der Waals surface area contributed by atoms with Gasteiger partial charge in [0, 0.05) is 29.9 Å². The van der Waals surface area contributed by atoms with Crippen LogP contribution in [0.5, 0.6) is 0 Å². The van der Waals surface area contributed by atoms with Crippen LogP contribution in [0.3, 0.4) is 0 Å². The molecule has 0 saturated heterocycles. The van der Waals surface area contributed by atoms with Crippen LogP contribution in [0, 0.1) is 6.92 Å². The molecule has 1 aliphatic heterocycles. The number of hydrogen-bond acceptors (Lipinski definition) is 2. The summed E-state index contributed by atoms with van der Waals surface area (Å²) in [5.41, 5.74) is 6.80. The smallest absolute Gasteiger partial charge is 0.111 e. The number of nitrogens with zero attached hydrogens (tertiary/aromatic N) is 2. The van der Waals surface area contributed by atoms with Gasteiger partial charge in [0.15, 0.2) is 0 Å². The fraction of sp³-hybridized carbons (Fsp3) is 0.300. The lowest BCUT2D eigenvalue weighted by molar-refractivity contribution is 0.347. The molecule has 2 N–H and O–H groups in total. The maximum atomic E-state index is 6.74. The van der Waals surface area contributed by atoms with Crippen LogP contribution >= 0.6 is 11.6 Å². The van der Waals surface area contributed by atoms with Crippen molar-refractivity contribution >= 4 is 34.0 Å². The largest absolute Gasteiger partial charge is 0.353 e. The van der Waals surface area contributed by atoms with Gasteiger partial charge < -0.3 is 10.3 Å². The van der Waals surface area contributed by atoms with Gasteiger partial charge in [-0.25, -0.2) is 0 Å². The van der Waals surface area contributed by atoms with Gasteiger partial charge in [-0.2, -0.15) is 0 Å². The van der Waals surface area contributed by atoms with Crippen molar-refractivity contribution in [3.05, 3.63) is 46.7 Å². The van der Waals surface area contributed by atoms with Crippen LogP contribution in [0.25, 0.3) is 22.2 Å². The molecule has 1 aromatic carbocycles. The molecule has 126 valence electrons. The zero-order chi connectivity index (χ0) is 17.2. The number of pyridine rings is 1. The van der Waals surface area contributed by atoms with E-state index in [2.05, 4.69) is 39.3 Å². The molecule has 25 heavy (non-hydrogen) atoms. The third-order valence-electron chi connectivity index (χ3n) is 5.89. The van der Waals surface area contributed by atoms with Crippen molar-refractivity contribution in [1.82, 2.24) is 9.97 Å². The van der Waals surface area contributed by atoms with E-state index in [1.54, 1.807) is 0 Å². The number of benzene rings is 1. The summed E-state index contributed by atoms with van der Waals surface area (Å²) in [6, 6.07) is 6.34. The lowest BCUT2D eigenvalue weighted by atomic mass is 9.65. The van der Waals surface area contributed by atoms with Crippen molar-refractivity contribution in [2.75, 3.05) is 12.4 Å². The number of amidine groups is 1. The first-order chi connectivity index (χ1) is 12.1. The monoisotopic (exact) mass is 350 g/mol. The van der Waals surface area contributed by atoms with Crippen molar-refractivity contribution in [2.24, 2.45) is 4.99 Å². The third-order valence-corrected chi connectivity index (χ3v) is 6.20. The Morgan fingerprint density at radius 3 is 2.80 bits per heavy atom. The Morgan fingerprint density at radius 1 is 1.28 bits per heavy atom. The highest BCUT2D eigenvalue weighted by Gasteiger charge is 2.49. The zero-order valence-corrected chi connectivity index (χ0v) is 15.0. The normalized spacial score (nSPS) is 19.2. The van der Waals surface area contributed by atoms with Crippen LogP contribution in [-0.2, 0) is 5.41 Å². The Bertz CT molecular complexity index is 1040. The van der Waals surface area contributed by atoms with Crippen molar-refractivity contribution in [1.29, 1.82) is 0 Å². The second-order valence-corrected chi connectivity index (χ2v) is 7.46. The minimum Gasteiger partial charge on any atom is -0.353 e.